The summed E-state index contributed by atoms with van der Waals surface area (Å²) < 4.78 is 1.92. The highest BCUT2D eigenvalue weighted by Gasteiger charge is 2.28. The van der Waals surface area contributed by atoms with E-state index < -0.39 is 0 Å². The Hall–Kier alpha value is -1.63. The van der Waals surface area contributed by atoms with Gasteiger partial charge >= 0.3 is 6.03 Å². The number of nitrogens with zero attached hydrogens (tertiary/aromatic N) is 5. The summed E-state index contributed by atoms with van der Waals surface area (Å²) in [5.74, 6) is 0.420. The maximum absolute atomic E-state index is 12.3. The van der Waals surface area contributed by atoms with E-state index in [4.69, 9.17) is 0 Å². The fourth-order valence-electron chi connectivity index (χ4n) is 3.38. The Morgan fingerprint density at radius 3 is 2.73 bits per heavy atom. The lowest BCUT2D eigenvalue weighted by Crippen LogP contribution is -2.37. The smallest absolute Gasteiger partial charge is 0.323 e. The van der Waals surface area contributed by atoms with Crippen LogP contribution in [0, 0.1) is 0 Å². The largest absolute Gasteiger partial charge is 0.324 e. The standard InChI is InChI=1S/C15H26N6O/c1-19(2)13-8-9-20(10-13)15(22)17-14-16-11-21(18-14)12-6-4-3-5-7-12/h11-13H,3-10H2,1-2H3,(H,17,18,22). The topological polar surface area (TPSA) is 66.3 Å². The van der Waals surface area contributed by atoms with Crippen LogP contribution in [0.25, 0.3) is 0 Å². The number of hydrogen-bond donors (Lipinski definition) is 1. The van der Waals surface area contributed by atoms with E-state index in [1.807, 2.05) is 9.58 Å². The van der Waals surface area contributed by atoms with Crippen molar-refractivity contribution in [3.63, 3.8) is 0 Å². The first-order valence-electron chi connectivity index (χ1n) is 8.27. The van der Waals surface area contributed by atoms with Crippen LogP contribution in [0.1, 0.15) is 44.6 Å². The van der Waals surface area contributed by atoms with Crippen molar-refractivity contribution < 1.29 is 4.79 Å². The molecule has 1 aliphatic carbocycles. The molecule has 1 saturated heterocycles. The molecule has 1 N–H and O–H groups in total. The van der Waals surface area contributed by atoms with E-state index in [-0.39, 0.29) is 6.03 Å². The monoisotopic (exact) mass is 306 g/mol. The number of carbonyl (C=O) groups is 1. The van der Waals surface area contributed by atoms with Crippen molar-refractivity contribution in [2.75, 3.05) is 32.5 Å². The zero-order valence-electron chi connectivity index (χ0n) is 13.5. The lowest BCUT2D eigenvalue weighted by molar-refractivity contribution is 0.216. The Kier molecular flexibility index (Phi) is 4.61. The van der Waals surface area contributed by atoms with Gasteiger partial charge in [-0.3, -0.25) is 5.32 Å². The van der Waals surface area contributed by atoms with Gasteiger partial charge in [-0.15, -0.1) is 5.10 Å². The van der Waals surface area contributed by atoms with Crippen molar-refractivity contribution in [2.24, 2.45) is 0 Å². The third kappa shape index (κ3) is 3.40. The molecule has 2 amide bonds. The highest BCUT2D eigenvalue weighted by Crippen LogP contribution is 2.27. The molecule has 3 rings (SSSR count). The van der Waals surface area contributed by atoms with Crippen LogP contribution in [0.15, 0.2) is 6.33 Å². The van der Waals surface area contributed by atoms with E-state index in [0.29, 0.717) is 18.0 Å². The number of nitrogens with one attached hydrogen (secondary N) is 1. The fourth-order valence-corrected chi connectivity index (χ4v) is 3.38. The molecule has 0 aromatic carbocycles. The van der Waals surface area contributed by atoms with Crippen molar-refractivity contribution in [1.82, 2.24) is 24.6 Å². The van der Waals surface area contributed by atoms with Gasteiger partial charge in [0, 0.05) is 19.1 Å². The molecule has 0 radical (unpaired) electrons. The second-order valence-electron chi connectivity index (χ2n) is 6.62. The maximum Gasteiger partial charge on any atom is 0.324 e. The van der Waals surface area contributed by atoms with E-state index in [2.05, 4.69) is 34.4 Å². The summed E-state index contributed by atoms with van der Waals surface area (Å²) in [6, 6.07) is 0.793. The molecule has 122 valence electrons. The lowest BCUT2D eigenvalue weighted by atomic mass is 9.96. The molecule has 1 aromatic heterocycles. The number of hydrogen-bond acceptors (Lipinski definition) is 4. The van der Waals surface area contributed by atoms with Crippen LogP contribution < -0.4 is 5.32 Å². The molecule has 1 atom stereocenters. The summed E-state index contributed by atoms with van der Waals surface area (Å²) in [4.78, 5) is 20.5. The molecule has 2 heterocycles. The van der Waals surface area contributed by atoms with Gasteiger partial charge in [0.2, 0.25) is 5.95 Å². The number of likely N-dealkylation sites (tertiary alicyclic amines) is 1. The van der Waals surface area contributed by atoms with E-state index in [1.165, 1.54) is 19.3 Å². The Morgan fingerprint density at radius 2 is 2.05 bits per heavy atom. The first-order chi connectivity index (χ1) is 10.6. The van der Waals surface area contributed by atoms with Crippen LogP contribution in [0.2, 0.25) is 0 Å². The molecule has 2 fully saturated rings. The summed E-state index contributed by atoms with van der Waals surface area (Å²) in [5, 5.41) is 7.26. The van der Waals surface area contributed by atoms with Gasteiger partial charge in [-0.1, -0.05) is 19.3 Å². The van der Waals surface area contributed by atoms with Gasteiger partial charge in [0.1, 0.15) is 6.33 Å². The Bertz CT molecular complexity index is 508. The number of urea groups is 1. The number of aromatic nitrogens is 3. The maximum atomic E-state index is 12.3. The Morgan fingerprint density at radius 1 is 1.27 bits per heavy atom. The SMILES string of the molecule is CN(C)C1CCN(C(=O)Nc2ncn(C3CCCCC3)n2)C1. The number of anilines is 1. The zero-order valence-corrected chi connectivity index (χ0v) is 13.5. The van der Waals surface area contributed by atoms with Crippen molar-refractivity contribution in [3.8, 4) is 0 Å². The minimum absolute atomic E-state index is 0.0919. The van der Waals surface area contributed by atoms with Crippen molar-refractivity contribution in [3.05, 3.63) is 6.33 Å². The van der Waals surface area contributed by atoms with Gasteiger partial charge in [0.15, 0.2) is 0 Å². The van der Waals surface area contributed by atoms with Crippen LogP contribution in [0.5, 0.6) is 0 Å². The second kappa shape index (κ2) is 6.64. The molecule has 1 aliphatic heterocycles. The minimum Gasteiger partial charge on any atom is -0.323 e. The van der Waals surface area contributed by atoms with Gasteiger partial charge in [-0.25, -0.2) is 14.5 Å². The minimum atomic E-state index is -0.0919. The molecule has 7 nitrogen and oxygen atoms in total. The third-order valence-electron chi connectivity index (χ3n) is 4.86. The van der Waals surface area contributed by atoms with E-state index in [9.17, 15) is 4.79 Å². The molecule has 0 bridgehead atoms. The van der Waals surface area contributed by atoms with Crippen LogP contribution in [0.3, 0.4) is 0 Å². The first kappa shape index (κ1) is 15.3. The number of likely N-dealkylation sites (N-methyl/N-ethyl adjacent to an activating group) is 1. The fraction of sp³-hybridized carbons (Fsp3) is 0.800. The lowest BCUT2D eigenvalue weighted by Gasteiger charge is -2.21. The summed E-state index contributed by atoms with van der Waals surface area (Å²) >= 11 is 0. The molecular weight excluding hydrogens is 280 g/mol. The average Bonchev–Trinajstić information content (AvgIpc) is 3.17. The predicted octanol–water partition coefficient (Wildman–Crippen LogP) is 1.95. The normalized spacial score (nSPS) is 23.2. The summed E-state index contributed by atoms with van der Waals surface area (Å²) in [5.41, 5.74) is 0. The molecular formula is C15H26N6O. The first-order valence-corrected chi connectivity index (χ1v) is 8.27. The molecule has 22 heavy (non-hydrogen) atoms. The molecule has 7 heteroatoms. The second-order valence-corrected chi connectivity index (χ2v) is 6.62. The van der Waals surface area contributed by atoms with Gasteiger partial charge in [-0.05, 0) is 33.4 Å². The Labute approximate surface area is 131 Å². The van der Waals surface area contributed by atoms with Crippen molar-refractivity contribution >= 4 is 12.0 Å². The van der Waals surface area contributed by atoms with Crippen LogP contribution in [-0.4, -0.2) is 63.8 Å². The molecule has 0 spiro atoms. The quantitative estimate of drug-likeness (QED) is 0.927. The van der Waals surface area contributed by atoms with Crippen LogP contribution in [0.4, 0.5) is 10.7 Å². The van der Waals surface area contributed by atoms with Crippen LogP contribution >= 0.6 is 0 Å². The number of rotatable bonds is 3. The van der Waals surface area contributed by atoms with Gasteiger partial charge < -0.3 is 9.80 Å². The Balaban J connectivity index is 1.55. The molecule has 2 aliphatic rings. The van der Waals surface area contributed by atoms with Gasteiger partial charge in [0.05, 0.1) is 6.04 Å². The summed E-state index contributed by atoms with van der Waals surface area (Å²) in [6.45, 7) is 1.56. The van der Waals surface area contributed by atoms with Crippen LogP contribution in [-0.2, 0) is 0 Å². The zero-order chi connectivity index (χ0) is 15.5. The van der Waals surface area contributed by atoms with E-state index in [1.54, 1.807) is 6.33 Å². The third-order valence-corrected chi connectivity index (χ3v) is 4.86. The van der Waals surface area contributed by atoms with E-state index in [0.717, 1.165) is 32.4 Å². The number of amides is 2. The average molecular weight is 306 g/mol. The highest BCUT2D eigenvalue weighted by atomic mass is 16.2. The molecule has 1 saturated carbocycles. The summed E-state index contributed by atoms with van der Waals surface area (Å²) in [7, 11) is 4.11. The highest BCUT2D eigenvalue weighted by molar-refractivity contribution is 5.87. The van der Waals surface area contributed by atoms with Crippen molar-refractivity contribution in [1.29, 1.82) is 0 Å². The number of carbonyl (C=O) groups excluding carboxylic acids is 1. The molecule has 1 aromatic rings. The predicted molar refractivity (Wildman–Crippen MR) is 84.8 cm³/mol. The van der Waals surface area contributed by atoms with Crippen molar-refractivity contribution in [2.45, 2.75) is 50.6 Å². The van der Waals surface area contributed by atoms with Gasteiger partial charge in [-0.2, -0.15) is 0 Å². The summed E-state index contributed by atoms with van der Waals surface area (Å²) in [6.07, 6.45) is 8.91. The van der Waals surface area contributed by atoms with Gasteiger partial charge in [0.25, 0.3) is 0 Å². The van der Waals surface area contributed by atoms with E-state index >= 15 is 0 Å². The molecule has 1 unspecified atom stereocenters.